The number of thiazole rings is 1. The molecule has 1 saturated heterocycles. The number of carbonyl (C=O) groups excluding carboxylic acids is 3. The van der Waals surface area contributed by atoms with Gasteiger partial charge in [0.2, 0.25) is 11.8 Å². The average Bonchev–Trinajstić information content (AvgIpc) is 3.20. The monoisotopic (exact) mass is 393 g/mol. The summed E-state index contributed by atoms with van der Waals surface area (Å²) in [6.07, 6.45) is 1.36. The van der Waals surface area contributed by atoms with Crippen molar-refractivity contribution < 1.29 is 14.4 Å². The Morgan fingerprint density at radius 3 is 2.57 bits per heavy atom. The van der Waals surface area contributed by atoms with Gasteiger partial charge < -0.3 is 4.57 Å². The van der Waals surface area contributed by atoms with Gasteiger partial charge in [0.25, 0.3) is 5.91 Å². The molecule has 0 aliphatic carbocycles. The molecule has 0 unspecified atom stereocenters. The zero-order chi connectivity index (χ0) is 19.8. The van der Waals surface area contributed by atoms with Crippen LogP contribution in [0.3, 0.4) is 0 Å². The van der Waals surface area contributed by atoms with E-state index in [4.69, 9.17) is 0 Å². The fourth-order valence-electron chi connectivity index (χ4n) is 3.30. The number of nitrogens with zero attached hydrogens (tertiary/aromatic N) is 3. The van der Waals surface area contributed by atoms with Crippen molar-refractivity contribution >= 4 is 45.0 Å². The summed E-state index contributed by atoms with van der Waals surface area (Å²) in [5.74, 6) is -0.887. The zero-order valence-corrected chi connectivity index (χ0v) is 16.5. The number of carbonyl (C=O) groups is 3. The number of amides is 3. The van der Waals surface area contributed by atoms with Gasteiger partial charge in [-0.25, -0.2) is 0 Å². The van der Waals surface area contributed by atoms with Crippen molar-refractivity contribution in [1.82, 2.24) is 4.57 Å². The summed E-state index contributed by atoms with van der Waals surface area (Å²) < 4.78 is 2.98. The lowest BCUT2D eigenvalue weighted by molar-refractivity contribution is -0.121. The Kier molecular flexibility index (Phi) is 4.68. The number of fused-ring (bicyclic) bond motifs is 1. The topological polar surface area (TPSA) is 71.7 Å². The Bertz CT molecular complexity index is 1170. The second-order valence-electron chi connectivity index (χ2n) is 6.69. The lowest BCUT2D eigenvalue weighted by Gasteiger charge is -2.14. The van der Waals surface area contributed by atoms with Crippen LogP contribution < -0.4 is 9.70 Å². The minimum absolute atomic E-state index is 0.207. The number of hydrogen-bond acceptors (Lipinski definition) is 4. The van der Waals surface area contributed by atoms with E-state index in [0.717, 1.165) is 21.5 Å². The van der Waals surface area contributed by atoms with Gasteiger partial charge in [0.15, 0.2) is 4.80 Å². The third-order valence-corrected chi connectivity index (χ3v) is 5.98. The SMILES string of the molecule is CCc1ccc2c(c1)sc(=NC(=O)c1cccc(N3C(=O)CCC3=O)c1)n2C. The maximum Gasteiger partial charge on any atom is 0.279 e. The number of aromatic nitrogens is 1. The van der Waals surface area contributed by atoms with Crippen LogP contribution in [0, 0.1) is 0 Å². The summed E-state index contributed by atoms with van der Waals surface area (Å²) in [5.41, 5.74) is 3.02. The molecule has 0 radical (unpaired) electrons. The van der Waals surface area contributed by atoms with Crippen molar-refractivity contribution in [2.45, 2.75) is 26.2 Å². The van der Waals surface area contributed by atoms with Crippen LogP contribution in [0.15, 0.2) is 47.5 Å². The first-order valence-corrected chi connectivity index (χ1v) is 9.93. The smallest absolute Gasteiger partial charge is 0.279 e. The Morgan fingerprint density at radius 1 is 1.11 bits per heavy atom. The van der Waals surface area contributed by atoms with Gasteiger partial charge in [-0.2, -0.15) is 4.99 Å². The summed E-state index contributed by atoms with van der Waals surface area (Å²) in [6, 6.07) is 12.7. The third kappa shape index (κ3) is 3.18. The fraction of sp³-hybridized carbons (Fsp3) is 0.238. The second-order valence-corrected chi connectivity index (χ2v) is 7.70. The highest BCUT2D eigenvalue weighted by Crippen LogP contribution is 2.24. The van der Waals surface area contributed by atoms with Crippen LogP contribution in [0.2, 0.25) is 0 Å². The molecule has 142 valence electrons. The molecule has 4 rings (SSSR count). The highest BCUT2D eigenvalue weighted by molar-refractivity contribution is 7.16. The van der Waals surface area contributed by atoms with Gasteiger partial charge in [-0.15, -0.1) is 0 Å². The first-order chi connectivity index (χ1) is 13.5. The van der Waals surface area contributed by atoms with Crippen molar-refractivity contribution in [3.63, 3.8) is 0 Å². The van der Waals surface area contributed by atoms with Gasteiger partial charge in [0.05, 0.1) is 15.9 Å². The highest BCUT2D eigenvalue weighted by atomic mass is 32.1. The van der Waals surface area contributed by atoms with E-state index < -0.39 is 5.91 Å². The molecular formula is C21H19N3O3S. The Morgan fingerprint density at radius 2 is 1.86 bits per heavy atom. The number of anilines is 1. The molecular weight excluding hydrogens is 374 g/mol. The molecule has 3 amide bonds. The van der Waals surface area contributed by atoms with Crippen LogP contribution in [-0.4, -0.2) is 22.3 Å². The predicted octanol–water partition coefficient (Wildman–Crippen LogP) is 3.20. The second kappa shape index (κ2) is 7.16. The van der Waals surface area contributed by atoms with Crippen molar-refractivity contribution in [1.29, 1.82) is 0 Å². The van der Waals surface area contributed by atoms with Gasteiger partial charge in [0, 0.05) is 25.5 Å². The number of rotatable bonds is 3. The largest absolute Gasteiger partial charge is 0.319 e. The number of benzene rings is 2. The number of hydrogen-bond donors (Lipinski definition) is 0. The summed E-state index contributed by atoms with van der Waals surface area (Å²) >= 11 is 1.46. The van der Waals surface area contributed by atoms with E-state index in [0.29, 0.717) is 16.1 Å². The van der Waals surface area contributed by atoms with Crippen LogP contribution in [0.4, 0.5) is 5.69 Å². The molecule has 6 nitrogen and oxygen atoms in total. The van der Waals surface area contributed by atoms with Gasteiger partial charge >= 0.3 is 0 Å². The highest BCUT2D eigenvalue weighted by Gasteiger charge is 2.30. The zero-order valence-electron chi connectivity index (χ0n) is 15.6. The molecule has 1 aromatic heterocycles. The summed E-state index contributed by atoms with van der Waals surface area (Å²) in [7, 11) is 1.88. The minimum atomic E-state index is -0.404. The van der Waals surface area contributed by atoms with Crippen molar-refractivity contribution in [2.75, 3.05) is 4.90 Å². The lowest BCUT2D eigenvalue weighted by atomic mass is 10.2. The quantitative estimate of drug-likeness (QED) is 0.642. The third-order valence-electron chi connectivity index (χ3n) is 4.88. The van der Waals surface area contributed by atoms with Gasteiger partial charge in [-0.1, -0.05) is 30.4 Å². The van der Waals surface area contributed by atoms with Crippen molar-refractivity contribution in [2.24, 2.45) is 12.0 Å². The number of imide groups is 1. The molecule has 0 atom stereocenters. The minimum Gasteiger partial charge on any atom is -0.319 e. The fourth-order valence-corrected chi connectivity index (χ4v) is 4.38. The molecule has 0 spiro atoms. The van der Waals surface area contributed by atoms with E-state index in [9.17, 15) is 14.4 Å². The van der Waals surface area contributed by atoms with E-state index in [1.54, 1.807) is 24.3 Å². The maximum atomic E-state index is 12.7. The van der Waals surface area contributed by atoms with Gasteiger partial charge in [-0.05, 0) is 42.3 Å². The maximum absolute atomic E-state index is 12.7. The van der Waals surface area contributed by atoms with Crippen LogP contribution in [-0.2, 0) is 23.1 Å². The first kappa shape index (κ1) is 18.3. The molecule has 0 N–H and O–H groups in total. The lowest BCUT2D eigenvalue weighted by Crippen LogP contribution is -2.28. The molecule has 7 heteroatoms. The molecule has 1 aliphatic heterocycles. The van der Waals surface area contributed by atoms with Crippen LogP contribution in [0.25, 0.3) is 10.2 Å². The van der Waals surface area contributed by atoms with E-state index >= 15 is 0 Å². The van der Waals surface area contributed by atoms with Crippen molar-refractivity contribution in [3.8, 4) is 0 Å². The number of aryl methyl sites for hydroxylation is 2. The molecule has 1 aliphatic rings. The Balaban J connectivity index is 1.72. The van der Waals surface area contributed by atoms with E-state index in [1.165, 1.54) is 16.9 Å². The van der Waals surface area contributed by atoms with E-state index in [-0.39, 0.29) is 24.7 Å². The van der Waals surface area contributed by atoms with Gasteiger partial charge in [0.1, 0.15) is 0 Å². The van der Waals surface area contributed by atoms with E-state index in [2.05, 4.69) is 24.0 Å². The molecule has 0 saturated carbocycles. The van der Waals surface area contributed by atoms with Crippen LogP contribution in [0.1, 0.15) is 35.7 Å². The standard InChI is InChI=1S/C21H19N3O3S/c1-3-13-7-8-16-17(11-13)28-21(23(16)2)22-20(27)14-5-4-6-15(12-14)24-18(25)9-10-19(24)26/h4-8,11-12H,3,9-10H2,1-2H3. The Hall–Kier alpha value is -3.06. The van der Waals surface area contributed by atoms with Crippen molar-refractivity contribution in [3.05, 3.63) is 58.4 Å². The van der Waals surface area contributed by atoms with Crippen LogP contribution in [0.5, 0.6) is 0 Å². The molecule has 28 heavy (non-hydrogen) atoms. The van der Waals surface area contributed by atoms with E-state index in [1.807, 2.05) is 17.7 Å². The predicted molar refractivity (Wildman–Crippen MR) is 108 cm³/mol. The average molecular weight is 393 g/mol. The first-order valence-electron chi connectivity index (χ1n) is 9.11. The molecule has 2 aromatic carbocycles. The molecule has 3 aromatic rings. The van der Waals surface area contributed by atoms with Gasteiger partial charge in [-0.3, -0.25) is 19.3 Å². The molecule has 2 heterocycles. The Labute approximate surface area is 165 Å². The normalized spacial score (nSPS) is 15.1. The molecule has 0 bridgehead atoms. The summed E-state index contributed by atoms with van der Waals surface area (Å²) in [5, 5.41) is 0. The molecule has 1 fully saturated rings. The summed E-state index contributed by atoms with van der Waals surface area (Å²) in [6.45, 7) is 2.10. The van der Waals surface area contributed by atoms with Crippen LogP contribution >= 0.6 is 11.3 Å². The summed E-state index contributed by atoms with van der Waals surface area (Å²) in [4.78, 5) is 42.7.